The van der Waals surface area contributed by atoms with Gasteiger partial charge in [-0.3, -0.25) is 4.79 Å². The van der Waals surface area contributed by atoms with Gasteiger partial charge in [0.05, 0.1) is 6.21 Å². The Hall–Kier alpha value is -2.53. The van der Waals surface area contributed by atoms with Crippen molar-refractivity contribution >= 4 is 29.4 Å². The summed E-state index contributed by atoms with van der Waals surface area (Å²) in [5, 5.41) is 4.71. The SMILES string of the molecule is CC1CC(C)(C)N(C(C)C)c2ccc(/C=N/NC(=O)COc3ccc(Cl)cc3)cc21. The minimum atomic E-state index is -0.319. The van der Waals surface area contributed by atoms with Crippen LogP contribution in [-0.2, 0) is 4.79 Å². The number of anilines is 1. The van der Waals surface area contributed by atoms with Crippen LogP contribution in [0.2, 0.25) is 5.02 Å². The molecule has 1 atom stereocenters. The third-order valence-corrected chi connectivity index (χ3v) is 5.65. The van der Waals surface area contributed by atoms with Gasteiger partial charge >= 0.3 is 0 Å². The molecule has 0 aromatic heterocycles. The van der Waals surface area contributed by atoms with Crippen LogP contribution in [0.15, 0.2) is 47.6 Å². The number of nitrogens with zero attached hydrogens (tertiary/aromatic N) is 2. The number of carbonyl (C=O) groups excluding carboxylic acids is 1. The van der Waals surface area contributed by atoms with Crippen LogP contribution in [0.25, 0.3) is 0 Å². The molecule has 0 saturated heterocycles. The van der Waals surface area contributed by atoms with Gasteiger partial charge < -0.3 is 9.64 Å². The highest BCUT2D eigenvalue weighted by Gasteiger charge is 2.37. The molecule has 1 amide bonds. The quantitative estimate of drug-likeness (QED) is 0.498. The Balaban J connectivity index is 1.63. The first kappa shape index (κ1) is 22.2. The summed E-state index contributed by atoms with van der Waals surface area (Å²) in [6.07, 6.45) is 2.77. The van der Waals surface area contributed by atoms with Crippen molar-refractivity contribution in [3.05, 3.63) is 58.6 Å². The smallest absolute Gasteiger partial charge is 0.277 e. The van der Waals surface area contributed by atoms with Crippen molar-refractivity contribution in [3.63, 3.8) is 0 Å². The van der Waals surface area contributed by atoms with E-state index >= 15 is 0 Å². The molecule has 1 aliphatic heterocycles. The Bertz CT molecular complexity index is 923. The van der Waals surface area contributed by atoms with Gasteiger partial charge in [-0.25, -0.2) is 5.43 Å². The largest absolute Gasteiger partial charge is 0.484 e. The van der Waals surface area contributed by atoms with E-state index in [0.717, 1.165) is 12.0 Å². The van der Waals surface area contributed by atoms with Gasteiger partial charge in [-0.1, -0.05) is 24.6 Å². The number of fused-ring (bicyclic) bond motifs is 1. The minimum Gasteiger partial charge on any atom is -0.484 e. The Morgan fingerprint density at radius 3 is 2.67 bits per heavy atom. The molecule has 1 unspecified atom stereocenters. The third kappa shape index (κ3) is 5.14. The first-order valence-electron chi connectivity index (χ1n) is 10.3. The Morgan fingerprint density at radius 2 is 2.00 bits per heavy atom. The standard InChI is InChI=1S/C24H30ClN3O2/c1-16(2)28-22-11-6-18(12-21(22)17(3)13-24(28,4)5)14-26-27-23(29)15-30-20-9-7-19(25)8-10-20/h6-12,14,16-17H,13,15H2,1-5H3,(H,27,29)/b26-14+. The lowest BCUT2D eigenvalue weighted by Crippen LogP contribution is -2.51. The van der Waals surface area contributed by atoms with Gasteiger partial charge in [-0.15, -0.1) is 0 Å². The number of hydrazone groups is 1. The molecule has 0 bridgehead atoms. The molecule has 160 valence electrons. The molecule has 3 rings (SSSR count). The average molecular weight is 428 g/mol. The van der Waals surface area contributed by atoms with E-state index in [-0.39, 0.29) is 18.1 Å². The van der Waals surface area contributed by atoms with E-state index in [0.29, 0.717) is 22.7 Å². The van der Waals surface area contributed by atoms with Crippen molar-refractivity contribution in [1.82, 2.24) is 5.43 Å². The monoisotopic (exact) mass is 427 g/mol. The molecule has 0 spiro atoms. The number of rotatable bonds is 6. The molecule has 0 aliphatic carbocycles. The summed E-state index contributed by atoms with van der Waals surface area (Å²) in [6.45, 7) is 11.2. The van der Waals surface area contributed by atoms with Crippen molar-refractivity contribution in [3.8, 4) is 5.75 Å². The minimum absolute atomic E-state index is 0.112. The first-order chi connectivity index (χ1) is 14.2. The van der Waals surface area contributed by atoms with Crippen LogP contribution < -0.4 is 15.1 Å². The van der Waals surface area contributed by atoms with Crippen LogP contribution in [0.3, 0.4) is 0 Å². The molecule has 1 N–H and O–H groups in total. The molecule has 1 aliphatic rings. The topological polar surface area (TPSA) is 53.9 Å². The Morgan fingerprint density at radius 1 is 1.30 bits per heavy atom. The van der Waals surface area contributed by atoms with Gasteiger partial charge in [-0.05, 0) is 87.6 Å². The third-order valence-electron chi connectivity index (χ3n) is 5.40. The van der Waals surface area contributed by atoms with E-state index in [9.17, 15) is 4.79 Å². The van der Waals surface area contributed by atoms with Crippen LogP contribution in [0.5, 0.6) is 5.75 Å². The number of hydrogen-bond donors (Lipinski definition) is 1. The van der Waals surface area contributed by atoms with Crippen LogP contribution in [0.4, 0.5) is 5.69 Å². The van der Waals surface area contributed by atoms with Gasteiger partial charge in [0.25, 0.3) is 5.91 Å². The highest BCUT2D eigenvalue weighted by atomic mass is 35.5. The Labute approximate surface area is 184 Å². The van der Waals surface area contributed by atoms with E-state index < -0.39 is 0 Å². The maximum Gasteiger partial charge on any atom is 0.277 e. The summed E-state index contributed by atoms with van der Waals surface area (Å²) in [4.78, 5) is 14.5. The summed E-state index contributed by atoms with van der Waals surface area (Å²) < 4.78 is 5.42. The predicted octanol–water partition coefficient (Wildman–Crippen LogP) is 5.37. The predicted molar refractivity (Wildman–Crippen MR) is 124 cm³/mol. The lowest BCUT2D eigenvalue weighted by atomic mass is 9.79. The highest BCUT2D eigenvalue weighted by Crippen LogP contribution is 2.44. The average Bonchev–Trinajstić information content (AvgIpc) is 2.67. The molecule has 5 nitrogen and oxygen atoms in total. The number of amides is 1. The summed E-state index contributed by atoms with van der Waals surface area (Å²) in [5.74, 6) is 0.723. The number of benzene rings is 2. The van der Waals surface area contributed by atoms with E-state index in [4.69, 9.17) is 16.3 Å². The molecule has 30 heavy (non-hydrogen) atoms. The number of carbonyl (C=O) groups is 1. The number of hydrogen-bond acceptors (Lipinski definition) is 4. The van der Waals surface area contributed by atoms with Crippen LogP contribution in [0.1, 0.15) is 58.1 Å². The molecule has 2 aromatic rings. The molecular formula is C24H30ClN3O2. The maximum atomic E-state index is 12.0. The number of halogens is 1. The van der Waals surface area contributed by atoms with Crippen LogP contribution in [0, 0.1) is 0 Å². The molecule has 0 radical (unpaired) electrons. The second kappa shape index (κ2) is 9.09. The zero-order chi connectivity index (χ0) is 21.9. The van der Waals surface area contributed by atoms with E-state index in [2.05, 4.69) is 62.2 Å². The fourth-order valence-corrected chi connectivity index (χ4v) is 4.54. The molecule has 0 saturated carbocycles. The molecule has 1 heterocycles. The van der Waals surface area contributed by atoms with Gasteiger partial charge in [0.1, 0.15) is 5.75 Å². The molecular weight excluding hydrogens is 398 g/mol. The van der Waals surface area contributed by atoms with Gasteiger partial charge in [0.2, 0.25) is 0 Å². The summed E-state index contributed by atoms with van der Waals surface area (Å²) in [5.41, 5.74) is 6.20. The second-order valence-corrected chi connectivity index (χ2v) is 9.17. The maximum absolute atomic E-state index is 12.0. The van der Waals surface area contributed by atoms with Gasteiger partial charge in [0.15, 0.2) is 6.61 Å². The normalized spacial score (nSPS) is 17.8. The number of nitrogens with one attached hydrogen (secondary N) is 1. The zero-order valence-corrected chi connectivity index (χ0v) is 19.0. The van der Waals surface area contributed by atoms with Crippen LogP contribution in [-0.4, -0.2) is 30.3 Å². The molecule has 0 fully saturated rings. The highest BCUT2D eigenvalue weighted by molar-refractivity contribution is 6.30. The zero-order valence-electron chi connectivity index (χ0n) is 18.3. The van der Waals surface area contributed by atoms with E-state index in [1.165, 1.54) is 11.3 Å². The Kier molecular flexibility index (Phi) is 6.71. The van der Waals surface area contributed by atoms with Crippen molar-refractivity contribution in [1.29, 1.82) is 0 Å². The lowest BCUT2D eigenvalue weighted by molar-refractivity contribution is -0.123. The fourth-order valence-electron chi connectivity index (χ4n) is 4.42. The van der Waals surface area contributed by atoms with Gasteiger partial charge in [0, 0.05) is 22.3 Å². The van der Waals surface area contributed by atoms with Crippen molar-refractivity contribution in [2.45, 2.75) is 58.5 Å². The van der Waals surface area contributed by atoms with Crippen molar-refractivity contribution < 1.29 is 9.53 Å². The van der Waals surface area contributed by atoms with Crippen molar-refractivity contribution in [2.24, 2.45) is 5.10 Å². The van der Waals surface area contributed by atoms with E-state index in [1.807, 2.05) is 6.07 Å². The summed E-state index contributed by atoms with van der Waals surface area (Å²) in [6, 6.07) is 13.7. The summed E-state index contributed by atoms with van der Waals surface area (Å²) in [7, 11) is 0. The second-order valence-electron chi connectivity index (χ2n) is 8.74. The first-order valence-corrected chi connectivity index (χ1v) is 10.7. The fraction of sp³-hybridized carbons (Fsp3) is 0.417. The van der Waals surface area contributed by atoms with E-state index in [1.54, 1.807) is 30.5 Å². The lowest BCUT2D eigenvalue weighted by Gasteiger charge is -2.50. The van der Waals surface area contributed by atoms with Crippen molar-refractivity contribution in [2.75, 3.05) is 11.5 Å². The van der Waals surface area contributed by atoms with Crippen LogP contribution >= 0.6 is 11.6 Å². The van der Waals surface area contributed by atoms with Gasteiger partial charge in [-0.2, -0.15) is 5.10 Å². The number of ether oxygens (including phenoxy) is 1. The molecule has 2 aromatic carbocycles. The molecule has 6 heteroatoms. The summed E-state index contributed by atoms with van der Waals surface area (Å²) >= 11 is 5.83.